The van der Waals surface area contributed by atoms with E-state index in [9.17, 15) is 0 Å². The fourth-order valence-corrected chi connectivity index (χ4v) is 2.66. The van der Waals surface area contributed by atoms with E-state index in [2.05, 4.69) is 22.3 Å². The van der Waals surface area contributed by atoms with Crippen LogP contribution in [0.5, 0.6) is 0 Å². The molecule has 0 unspecified atom stereocenters. The Morgan fingerprint density at radius 1 is 1.28 bits per heavy atom. The van der Waals surface area contributed by atoms with Gasteiger partial charge < -0.3 is 5.32 Å². The number of anilines is 1. The number of nitrogens with zero attached hydrogens (tertiary/aromatic N) is 3. The third kappa shape index (κ3) is 2.43. The Hall–Kier alpha value is -1.29. The third-order valence-corrected chi connectivity index (χ3v) is 3.87. The summed E-state index contributed by atoms with van der Waals surface area (Å²) in [6, 6.07) is 4.22. The van der Waals surface area contributed by atoms with E-state index in [0.717, 1.165) is 11.6 Å². The number of hydrogen-bond acceptors (Lipinski definition) is 3. The van der Waals surface area contributed by atoms with Gasteiger partial charge in [0.15, 0.2) is 5.65 Å². The van der Waals surface area contributed by atoms with Crippen LogP contribution in [0.4, 0.5) is 5.95 Å². The van der Waals surface area contributed by atoms with Crippen LogP contribution < -0.4 is 5.32 Å². The van der Waals surface area contributed by atoms with Crippen LogP contribution in [0.1, 0.15) is 32.6 Å². The number of hydrogen-bond donors (Lipinski definition) is 1. The Bertz CT molecular complexity index is 543. The highest BCUT2D eigenvalue weighted by molar-refractivity contribution is 6.30. The van der Waals surface area contributed by atoms with E-state index in [1.54, 1.807) is 10.7 Å². The van der Waals surface area contributed by atoms with Gasteiger partial charge in [-0.3, -0.25) is 0 Å². The summed E-state index contributed by atoms with van der Waals surface area (Å²) in [6.07, 6.45) is 6.76. The highest BCUT2D eigenvalue weighted by Gasteiger charge is 2.19. The highest BCUT2D eigenvalue weighted by Crippen LogP contribution is 2.25. The quantitative estimate of drug-likeness (QED) is 0.904. The second kappa shape index (κ2) is 4.76. The van der Waals surface area contributed by atoms with Crippen LogP contribution in [0, 0.1) is 5.92 Å². The number of aromatic nitrogens is 3. The normalized spacial score (nSPS) is 24.3. The second-order valence-electron chi connectivity index (χ2n) is 5.19. The first-order valence-electron chi connectivity index (χ1n) is 6.49. The molecule has 2 heterocycles. The topological polar surface area (TPSA) is 42.2 Å². The predicted molar refractivity (Wildman–Crippen MR) is 73.0 cm³/mol. The summed E-state index contributed by atoms with van der Waals surface area (Å²) in [5.74, 6) is 1.56. The summed E-state index contributed by atoms with van der Waals surface area (Å²) in [5, 5.41) is 8.49. The van der Waals surface area contributed by atoms with E-state index in [4.69, 9.17) is 11.6 Å². The molecular formula is C13H17ClN4. The molecule has 0 amide bonds. The number of halogens is 1. The van der Waals surface area contributed by atoms with Crippen molar-refractivity contribution in [3.05, 3.63) is 23.4 Å². The van der Waals surface area contributed by atoms with Gasteiger partial charge in [0.1, 0.15) is 0 Å². The lowest BCUT2D eigenvalue weighted by Crippen LogP contribution is -2.25. The van der Waals surface area contributed by atoms with E-state index >= 15 is 0 Å². The van der Waals surface area contributed by atoms with E-state index in [1.807, 2.05) is 12.1 Å². The molecule has 5 heteroatoms. The Balaban J connectivity index is 1.74. The zero-order valence-corrected chi connectivity index (χ0v) is 11.2. The molecular weight excluding hydrogens is 248 g/mol. The predicted octanol–water partition coefficient (Wildman–Crippen LogP) is 3.37. The summed E-state index contributed by atoms with van der Waals surface area (Å²) in [4.78, 5) is 4.45. The molecule has 0 radical (unpaired) electrons. The van der Waals surface area contributed by atoms with Crippen LogP contribution in [-0.4, -0.2) is 20.6 Å². The molecule has 2 aromatic heterocycles. The third-order valence-electron chi connectivity index (χ3n) is 3.64. The molecule has 1 fully saturated rings. The lowest BCUT2D eigenvalue weighted by atomic mass is 9.87. The van der Waals surface area contributed by atoms with Crippen molar-refractivity contribution in [1.82, 2.24) is 14.6 Å². The Morgan fingerprint density at radius 2 is 2.06 bits per heavy atom. The number of nitrogens with one attached hydrogen (secondary N) is 1. The van der Waals surface area contributed by atoms with Gasteiger partial charge in [-0.25, -0.2) is 4.52 Å². The van der Waals surface area contributed by atoms with E-state index in [0.29, 0.717) is 17.0 Å². The molecule has 1 saturated carbocycles. The van der Waals surface area contributed by atoms with E-state index in [-0.39, 0.29) is 0 Å². The maximum absolute atomic E-state index is 5.93. The molecule has 0 atom stereocenters. The van der Waals surface area contributed by atoms with Crippen LogP contribution in [0.2, 0.25) is 5.02 Å². The lowest BCUT2D eigenvalue weighted by Gasteiger charge is -2.26. The first kappa shape index (κ1) is 11.8. The molecule has 0 aliphatic heterocycles. The fraction of sp³-hybridized carbons (Fsp3) is 0.538. The summed E-state index contributed by atoms with van der Waals surface area (Å²) in [6.45, 7) is 2.32. The average molecular weight is 265 g/mol. The van der Waals surface area contributed by atoms with Crippen molar-refractivity contribution in [3.63, 3.8) is 0 Å². The van der Waals surface area contributed by atoms with Crippen molar-refractivity contribution >= 4 is 23.2 Å². The Kier molecular flexibility index (Phi) is 3.12. The van der Waals surface area contributed by atoms with E-state index in [1.165, 1.54) is 25.7 Å². The van der Waals surface area contributed by atoms with Crippen LogP contribution in [-0.2, 0) is 0 Å². The highest BCUT2D eigenvalue weighted by atomic mass is 35.5. The number of rotatable bonds is 2. The molecule has 0 bridgehead atoms. The van der Waals surface area contributed by atoms with Gasteiger partial charge in [-0.15, -0.1) is 5.10 Å². The largest absolute Gasteiger partial charge is 0.350 e. The molecule has 18 heavy (non-hydrogen) atoms. The van der Waals surface area contributed by atoms with Gasteiger partial charge in [-0.2, -0.15) is 4.98 Å². The van der Waals surface area contributed by atoms with Crippen LogP contribution in [0.25, 0.3) is 5.65 Å². The average Bonchev–Trinajstić information content (AvgIpc) is 2.73. The monoisotopic (exact) mass is 264 g/mol. The summed E-state index contributed by atoms with van der Waals surface area (Å²) in [7, 11) is 0. The Morgan fingerprint density at radius 3 is 2.83 bits per heavy atom. The number of pyridine rings is 1. The van der Waals surface area contributed by atoms with Crippen molar-refractivity contribution in [2.75, 3.05) is 5.32 Å². The molecule has 1 aliphatic carbocycles. The van der Waals surface area contributed by atoms with Crippen molar-refractivity contribution in [1.29, 1.82) is 0 Å². The maximum atomic E-state index is 5.93. The van der Waals surface area contributed by atoms with Gasteiger partial charge in [0.2, 0.25) is 5.95 Å². The van der Waals surface area contributed by atoms with Gasteiger partial charge in [-0.1, -0.05) is 18.5 Å². The van der Waals surface area contributed by atoms with Crippen molar-refractivity contribution in [2.45, 2.75) is 38.6 Å². The van der Waals surface area contributed by atoms with Gasteiger partial charge in [-0.05, 0) is 43.7 Å². The molecule has 0 saturated heterocycles. The van der Waals surface area contributed by atoms with Crippen LogP contribution in [0.15, 0.2) is 18.3 Å². The SMILES string of the molecule is CC1CCC(Nc2nc3ccc(Cl)cn3n2)CC1. The lowest BCUT2D eigenvalue weighted by molar-refractivity contribution is 0.360. The summed E-state index contributed by atoms with van der Waals surface area (Å²) < 4.78 is 1.72. The minimum Gasteiger partial charge on any atom is -0.350 e. The maximum Gasteiger partial charge on any atom is 0.243 e. The second-order valence-corrected chi connectivity index (χ2v) is 5.62. The molecule has 0 aromatic carbocycles. The summed E-state index contributed by atoms with van der Waals surface area (Å²) >= 11 is 5.93. The summed E-state index contributed by atoms with van der Waals surface area (Å²) in [5.41, 5.74) is 0.825. The molecule has 96 valence electrons. The molecule has 1 N–H and O–H groups in total. The molecule has 0 spiro atoms. The van der Waals surface area contributed by atoms with Gasteiger partial charge in [0, 0.05) is 12.2 Å². The molecule has 4 nitrogen and oxygen atoms in total. The van der Waals surface area contributed by atoms with Crippen LogP contribution >= 0.6 is 11.6 Å². The molecule has 1 aliphatic rings. The van der Waals surface area contributed by atoms with Crippen LogP contribution in [0.3, 0.4) is 0 Å². The molecule has 3 rings (SSSR count). The first-order valence-corrected chi connectivity index (χ1v) is 6.87. The minimum atomic E-state index is 0.508. The van der Waals surface area contributed by atoms with Crippen molar-refractivity contribution in [2.24, 2.45) is 5.92 Å². The standard InChI is InChI=1S/C13H17ClN4/c1-9-2-5-11(6-3-9)15-13-16-12-7-4-10(14)8-18(12)17-13/h4,7-9,11H,2-3,5-6H2,1H3,(H,15,17). The zero-order valence-electron chi connectivity index (χ0n) is 10.4. The number of fused-ring (bicyclic) bond motifs is 1. The first-order chi connectivity index (χ1) is 8.70. The van der Waals surface area contributed by atoms with Gasteiger partial charge in [0.25, 0.3) is 0 Å². The zero-order chi connectivity index (χ0) is 12.5. The van der Waals surface area contributed by atoms with Crippen molar-refractivity contribution < 1.29 is 0 Å². The van der Waals surface area contributed by atoms with Crippen molar-refractivity contribution in [3.8, 4) is 0 Å². The fourth-order valence-electron chi connectivity index (χ4n) is 2.51. The smallest absolute Gasteiger partial charge is 0.243 e. The minimum absolute atomic E-state index is 0.508. The van der Waals surface area contributed by atoms with E-state index < -0.39 is 0 Å². The van der Waals surface area contributed by atoms with Gasteiger partial charge >= 0.3 is 0 Å². The Labute approximate surface area is 111 Å². The van der Waals surface area contributed by atoms with Gasteiger partial charge in [0.05, 0.1) is 5.02 Å². The molecule has 2 aromatic rings.